The highest BCUT2D eigenvalue weighted by Crippen LogP contribution is 2.27. The molecule has 0 saturated carbocycles. The number of nitro groups is 1. The molecule has 2 rings (SSSR count). The van der Waals surface area contributed by atoms with E-state index in [1.165, 1.54) is 30.0 Å². The molecule has 94 valence electrons. The number of nitro benzene ring substituents is 1. The van der Waals surface area contributed by atoms with Gasteiger partial charge in [0.2, 0.25) is 0 Å². The molecule has 0 aliphatic rings. The molecule has 0 N–H and O–H groups in total. The predicted octanol–water partition coefficient (Wildman–Crippen LogP) is 2.53. The average Bonchev–Trinajstić information content (AvgIpc) is 2.86. The molecule has 0 unspecified atom stereocenters. The van der Waals surface area contributed by atoms with Gasteiger partial charge in [-0.3, -0.25) is 10.1 Å². The highest BCUT2D eigenvalue weighted by Gasteiger charge is 2.13. The Morgan fingerprint density at radius 3 is 2.83 bits per heavy atom. The van der Waals surface area contributed by atoms with Crippen LogP contribution in [0.25, 0.3) is 5.69 Å². The Morgan fingerprint density at radius 1 is 1.50 bits per heavy atom. The summed E-state index contributed by atoms with van der Waals surface area (Å²) in [6, 6.07) is 6.07. The van der Waals surface area contributed by atoms with Crippen LogP contribution >= 0.6 is 11.6 Å². The van der Waals surface area contributed by atoms with E-state index in [1.807, 2.05) is 0 Å². The van der Waals surface area contributed by atoms with Gasteiger partial charge in [0, 0.05) is 18.3 Å². The second-order valence-electron chi connectivity index (χ2n) is 3.50. The van der Waals surface area contributed by atoms with Gasteiger partial charge >= 0.3 is 0 Å². The third kappa shape index (κ3) is 2.28. The zero-order valence-corrected chi connectivity index (χ0v) is 10.3. The van der Waals surface area contributed by atoms with Crippen LogP contribution in [-0.2, 0) is 5.88 Å². The molecule has 0 saturated heterocycles. The lowest BCUT2D eigenvalue weighted by atomic mass is 10.2. The summed E-state index contributed by atoms with van der Waals surface area (Å²) in [7, 11) is 1.50. The van der Waals surface area contributed by atoms with Gasteiger partial charge < -0.3 is 4.74 Å². The summed E-state index contributed by atoms with van der Waals surface area (Å²) in [4.78, 5) is 10.3. The Balaban J connectivity index is 2.52. The molecule has 0 aliphatic carbocycles. The lowest BCUT2D eigenvalue weighted by molar-refractivity contribution is -0.384. The highest BCUT2D eigenvalue weighted by molar-refractivity contribution is 6.16. The summed E-state index contributed by atoms with van der Waals surface area (Å²) in [5.74, 6) is 0.786. The van der Waals surface area contributed by atoms with Gasteiger partial charge in [-0.05, 0) is 12.1 Å². The first-order chi connectivity index (χ1) is 8.65. The molecule has 0 atom stereocenters. The van der Waals surface area contributed by atoms with Gasteiger partial charge in [-0.15, -0.1) is 11.6 Å². The van der Waals surface area contributed by atoms with Crippen molar-refractivity contribution >= 4 is 17.3 Å². The zero-order chi connectivity index (χ0) is 13.1. The molecule has 0 amide bonds. The van der Waals surface area contributed by atoms with E-state index in [0.717, 1.165) is 0 Å². The van der Waals surface area contributed by atoms with Crippen LogP contribution in [0.2, 0.25) is 0 Å². The third-order valence-corrected chi connectivity index (χ3v) is 2.68. The van der Waals surface area contributed by atoms with E-state index in [1.54, 1.807) is 12.3 Å². The topological polar surface area (TPSA) is 70.2 Å². The van der Waals surface area contributed by atoms with Crippen molar-refractivity contribution in [2.24, 2.45) is 0 Å². The van der Waals surface area contributed by atoms with Crippen molar-refractivity contribution in [3.05, 3.63) is 46.3 Å². The summed E-state index contributed by atoms with van der Waals surface area (Å²) < 4.78 is 6.66. The second kappa shape index (κ2) is 5.05. The highest BCUT2D eigenvalue weighted by atomic mass is 35.5. The normalized spacial score (nSPS) is 10.3. The molecule has 7 heteroatoms. The first-order valence-electron chi connectivity index (χ1n) is 5.09. The van der Waals surface area contributed by atoms with Gasteiger partial charge in [0.15, 0.2) is 0 Å². The van der Waals surface area contributed by atoms with Crippen LogP contribution in [0.3, 0.4) is 0 Å². The van der Waals surface area contributed by atoms with Crippen molar-refractivity contribution in [2.75, 3.05) is 7.11 Å². The molecule has 0 bridgehead atoms. The minimum absolute atomic E-state index is 0.0197. The average molecular weight is 268 g/mol. The number of methoxy groups -OCH3 is 1. The van der Waals surface area contributed by atoms with Crippen molar-refractivity contribution in [3.8, 4) is 11.4 Å². The number of rotatable bonds is 4. The van der Waals surface area contributed by atoms with Gasteiger partial charge in [-0.1, -0.05) is 0 Å². The lowest BCUT2D eigenvalue weighted by Gasteiger charge is -2.07. The first kappa shape index (κ1) is 12.4. The van der Waals surface area contributed by atoms with Crippen LogP contribution in [-0.4, -0.2) is 21.8 Å². The molecule has 2 aromatic rings. The molecule has 0 radical (unpaired) electrons. The zero-order valence-electron chi connectivity index (χ0n) is 9.54. The predicted molar refractivity (Wildman–Crippen MR) is 66.3 cm³/mol. The molecule has 0 aliphatic heterocycles. The minimum Gasteiger partial charge on any atom is -0.494 e. The Morgan fingerprint density at radius 2 is 2.28 bits per heavy atom. The molecule has 0 fully saturated rings. The summed E-state index contributed by atoms with van der Waals surface area (Å²) in [5, 5.41) is 14.9. The summed E-state index contributed by atoms with van der Waals surface area (Å²) >= 11 is 5.67. The number of benzene rings is 1. The van der Waals surface area contributed by atoms with Gasteiger partial charge in [-0.2, -0.15) is 5.10 Å². The first-order valence-corrected chi connectivity index (χ1v) is 5.62. The number of alkyl halides is 1. The number of hydrogen-bond acceptors (Lipinski definition) is 4. The third-order valence-electron chi connectivity index (χ3n) is 2.40. The SMILES string of the molecule is COc1ccc([N+](=O)[O-])cc1-n1ccc(CCl)n1. The largest absolute Gasteiger partial charge is 0.494 e. The summed E-state index contributed by atoms with van der Waals surface area (Å²) in [6.45, 7) is 0. The van der Waals surface area contributed by atoms with Crippen molar-refractivity contribution in [3.63, 3.8) is 0 Å². The molecule has 6 nitrogen and oxygen atoms in total. The monoisotopic (exact) mass is 267 g/mol. The molecule has 18 heavy (non-hydrogen) atoms. The maximum atomic E-state index is 10.8. The van der Waals surface area contributed by atoms with E-state index in [0.29, 0.717) is 17.1 Å². The second-order valence-corrected chi connectivity index (χ2v) is 3.77. The van der Waals surface area contributed by atoms with Crippen LogP contribution in [0.4, 0.5) is 5.69 Å². The quantitative estimate of drug-likeness (QED) is 0.485. The van der Waals surface area contributed by atoms with Gasteiger partial charge in [0.05, 0.1) is 23.6 Å². The molecular weight excluding hydrogens is 258 g/mol. The van der Waals surface area contributed by atoms with E-state index in [9.17, 15) is 10.1 Å². The molecular formula is C11H10ClN3O3. The number of halogens is 1. The maximum absolute atomic E-state index is 10.8. The minimum atomic E-state index is -0.463. The number of non-ortho nitro benzene ring substituents is 1. The summed E-state index contributed by atoms with van der Waals surface area (Å²) in [5.41, 5.74) is 1.17. The molecule has 0 spiro atoms. The van der Waals surface area contributed by atoms with E-state index in [4.69, 9.17) is 16.3 Å². The van der Waals surface area contributed by atoms with Crippen LogP contribution in [0.15, 0.2) is 30.5 Å². The maximum Gasteiger partial charge on any atom is 0.271 e. The van der Waals surface area contributed by atoms with E-state index in [-0.39, 0.29) is 11.6 Å². The fourth-order valence-corrected chi connectivity index (χ4v) is 1.68. The van der Waals surface area contributed by atoms with Crippen LogP contribution in [0.1, 0.15) is 5.69 Å². The van der Waals surface area contributed by atoms with Crippen molar-refractivity contribution in [1.82, 2.24) is 9.78 Å². The Kier molecular flexibility index (Phi) is 3.47. The fourth-order valence-electron chi connectivity index (χ4n) is 1.54. The van der Waals surface area contributed by atoms with Crippen molar-refractivity contribution < 1.29 is 9.66 Å². The fraction of sp³-hybridized carbons (Fsp3) is 0.182. The summed E-state index contributed by atoms with van der Waals surface area (Å²) in [6.07, 6.45) is 1.68. The molecule has 1 aromatic heterocycles. The van der Waals surface area contributed by atoms with Crippen molar-refractivity contribution in [2.45, 2.75) is 5.88 Å². The molecule has 1 heterocycles. The smallest absolute Gasteiger partial charge is 0.271 e. The van der Waals surface area contributed by atoms with Gasteiger partial charge in [-0.25, -0.2) is 4.68 Å². The van der Waals surface area contributed by atoms with E-state index >= 15 is 0 Å². The van der Waals surface area contributed by atoms with Crippen molar-refractivity contribution in [1.29, 1.82) is 0 Å². The van der Waals surface area contributed by atoms with Gasteiger partial charge in [0.25, 0.3) is 5.69 Å². The van der Waals surface area contributed by atoms with Crippen LogP contribution < -0.4 is 4.74 Å². The number of aromatic nitrogens is 2. The Hall–Kier alpha value is -2.08. The Bertz CT molecular complexity index is 583. The number of ether oxygens (including phenoxy) is 1. The molecule has 1 aromatic carbocycles. The standard InChI is InChI=1S/C11H10ClN3O3/c1-18-11-3-2-9(15(16)17)6-10(11)14-5-4-8(7-12)13-14/h2-6H,7H2,1H3. The van der Waals surface area contributed by atoms with Gasteiger partial charge in [0.1, 0.15) is 11.4 Å². The van der Waals surface area contributed by atoms with E-state index in [2.05, 4.69) is 5.10 Å². The number of nitrogens with zero attached hydrogens (tertiary/aromatic N) is 3. The van der Waals surface area contributed by atoms with Crippen LogP contribution in [0.5, 0.6) is 5.75 Å². The lowest BCUT2D eigenvalue weighted by Crippen LogP contribution is -2.00. The Labute approximate surface area is 108 Å². The number of hydrogen-bond donors (Lipinski definition) is 0. The van der Waals surface area contributed by atoms with Crippen LogP contribution in [0, 0.1) is 10.1 Å². The van der Waals surface area contributed by atoms with E-state index < -0.39 is 4.92 Å².